The molecular weight excluding hydrogens is 354 g/mol. The van der Waals surface area contributed by atoms with Crippen LogP contribution in [0.3, 0.4) is 0 Å². The Morgan fingerprint density at radius 3 is 2.33 bits per heavy atom. The lowest BCUT2D eigenvalue weighted by Crippen LogP contribution is -2.29. The first-order valence-corrected chi connectivity index (χ1v) is 8.63. The zero-order valence-corrected chi connectivity index (χ0v) is 15.0. The van der Waals surface area contributed by atoms with Crippen molar-refractivity contribution in [2.24, 2.45) is 0 Å². The van der Waals surface area contributed by atoms with E-state index >= 15 is 0 Å². The van der Waals surface area contributed by atoms with Crippen LogP contribution in [0.1, 0.15) is 41.7 Å². The number of rotatable bonds is 9. The fourth-order valence-corrected chi connectivity index (χ4v) is 2.48. The van der Waals surface area contributed by atoms with E-state index in [-0.39, 0.29) is 30.0 Å². The Hall–Kier alpha value is -2.96. The second kappa shape index (κ2) is 10.3. The number of halogens is 2. The predicted octanol–water partition coefficient (Wildman–Crippen LogP) is 3.68. The number of benzene rings is 2. The summed E-state index contributed by atoms with van der Waals surface area (Å²) in [5.41, 5.74) is 1.36. The SMILES string of the molecule is CC(NC(=O)CCCNC(=O)c1ccccc1)c1ccc(OC(F)F)cc1. The number of alkyl halides is 2. The van der Waals surface area contributed by atoms with Gasteiger partial charge in [-0.3, -0.25) is 9.59 Å². The number of amides is 2. The van der Waals surface area contributed by atoms with Gasteiger partial charge in [0.05, 0.1) is 6.04 Å². The molecule has 2 N–H and O–H groups in total. The van der Waals surface area contributed by atoms with Gasteiger partial charge in [-0.15, -0.1) is 0 Å². The van der Waals surface area contributed by atoms with E-state index in [2.05, 4.69) is 15.4 Å². The van der Waals surface area contributed by atoms with Crippen LogP contribution < -0.4 is 15.4 Å². The molecule has 27 heavy (non-hydrogen) atoms. The molecule has 0 bridgehead atoms. The summed E-state index contributed by atoms with van der Waals surface area (Å²) in [5.74, 6) is -0.249. The number of hydrogen-bond acceptors (Lipinski definition) is 3. The topological polar surface area (TPSA) is 67.4 Å². The normalized spacial score (nSPS) is 11.7. The van der Waals surface area contributed by atoms with Gasteiger partial charge in [-0.25, -0.2) is 0 Å². The minimum atomic E-state index is -2.87. The van der Waals surface area contributed by atoms with Crippen molar-refractivity contribution < 1.29 is 23.1 Å². The summed E-state index contributed by atoms with van der Waals surface area (Å²) in [6.45, 7) is -0.664. The number of ether oxygens (including phenoxy) is 1. The van der Waals surface area contributed by atoms with Gasteiger partial charge in [0.1, 0.15) is 5.75 Å². The smallest absolute Gasteiger partial charge is 0.387 e. The second-order valence-corrected chi connectivity index (χ2v) is 5.96. The molecule has 144 valence electrons. The zero-order valence-electron chi connectivity index (χ0n) is 15.0. The van der Waals surface area contributed by atoms with Gasteiger partial charge in [-0.05, 0) is 43.2 Å². The average molecular weight is 376 g/mol. The van der Waals surface area contributed by atoms with E-state index < -0.39 is 6.61 Å². The molecule has 0 saturated carbocycles. The van der Waals surface area contributed by atoms with Crippen LogP contribution in [0, 0.1) is 0 Å². The quantitative estimate of drug-likeness (QED) is 0.656. The van der Waals surface area contributed by atoms with Crippen LogP contribution in [0.15, 0.2) is 54.6 Å². The van der Waals surface area contributed by atoms with E-state index in [1.165, 1.54) is 12.1 Å². The van der Waals surface area contributed by atoms with Gasteiger partial charge < -0.3 is 15.4 Å². The van der Waals surface area contributed by atoms with Crippen LogP contribution in [0.4, 0.5) is 8.78 Å². The monoisotopic (exact) mass is 376 g/mol. The molecule has 0 aliphatic carbocycles. The predicted molar refractivity (Wildman–Crippen MR) is 97.6 cm³/mol. The summed E-state index contributed by atoms with van der Waals surface area (Å²) in [4.78, 5) is 23.9. The highest BCUT2D eigenvalue weighted by atomic mass is 19.3. The van der Waals surface area contributed by atoms with Crippen LogP contribution >= 0.6 is 0 Å². The summed E-state index contributed by atoms with van der Waals surface area (Å²) < 4.78 is 28.6. The summed E-state index contributed by atoms with van der Waals surface area (Å²) in [6.07, 6.45) is 0.782. The van der Waals surface area contributed by atoms with E-state index in [0.29, 0.717) is 18.5 Å². The lowest BCUT2D eigenvalue weighted by Gasteiger charge is -2.15. The summed E-state index contributed by atoms with van der Waals surface area (Å²) in [6, 6.07) is 14.7. The molecule has 0 spiro atoms. The molecule has 2 aromatic carbocycles. The Morgan fingerprint density at radius 2 is 1.70 bits per heavy atom. The van der Waals surface area contributed by atoms with Crippen LogP contribution in [0.2, 0.25) is 0 Å². The molecule has 0 radical (unpaired) electrons. The van der Waals surface area contributed by atoms with Crippen LogP contribution in [0.5, 0.6) is 5.75 Å². The second-order valence-electron chi connectivity index (χ2n) is 5.96. The zero-order chi connectivity index (χ0) is 19.6. The molecule has 0 saturated heterocycles. The Kier molecular flexibility index (Phi) is 7.73. The first kappa shape index (κ1) is 20.4. The number of carbonyl (C=O) groups is 2. The Labute approximate surface area is 156 Å². The first-order valence-electron chi connectivity index (χ1n) is 8.63. The van der Waals surface area contributed by atoms with Crippen molar-refractivity contribution in [1.29, 1.82) is 0 Å². The molecule has 1 atom stereocenters. The Morgan fingerprint density at radius 1 is 1.04 bits per heavy atom. The molecule has 2 rings (SSSR count). The van der Waals surface area contributed by atoms with Crippen molar-refractivity contribution in [3.63, 3.8) is 0 Å². The van der Waals surface area contributed by atoms with Gasteiger partial charge in [0.2, 0.25) is 5.91 Å². The van der Waals surface area contributed by atoms with Gasteiger partial charge >= 0.3 is 6.61 Å². The van der Waals surface area contributed by atoms with Crippen LogP contribution in [0.25, 0.3) is 0 Å². The number of hydrogen-bond donors (Lipinski definition) is 2. The molecule has 7 heteroatoms. The van der Waals surface area contributed by atoms with Gasteiger partial charge in [-0.1, -0.05) is 30.3 Å². The fourth-order valence-electron chi connectivity index (χ4n) is 2.48. The van der Waals surface area contributed by atoms with Gasteiger partial charge in [-0.2, -0.15) is 8.78 Å². The van der Waals surface area contributed by atoms with E-state index in [4.69, 9.17) is 0 Å². The highest BCUT2D eigenvalue weighted by Crippen LogP contribution is 2.19. The van der Waals surface area contributed by atoms with E-state index in [1.807, 2.05) is 6.07 Å². The lowest BCUT2D eigenvalue weighted by molar-refractivity contribution is -0.121. The third-order valence-electron chi connectivity index (χ3n) is 3.88. The molecule has 0 aliphatic heterocycles. The molecule has 0 heterocycles. The standard InChI is InChI=1S/C20H22F2N2O3/c1-14(15-9-11-17(12-10-15)27-20(21)22)24-18(25)8-5-13-23-19(26)16-6-3-2-4-7-16/h2-4,6-7,9-12,14,20H,5,8,13H2,1H3,(H,23,26)(H,24,25). The third-order valence-corrected chi connectivity index (χ3v) is 3.88. The number of nitrogens with one attached hydrogen (secondary N) is 2. The highest BCUT2D eigenvalue weighted by molar-refractivity contribution is 5.94. The van der Waals surface area contributed by atoms with Crippen LogP contribution in [-0.2, 0) is 4.79 Å². The fraction of sp³-hybridized carbons (Fsp3) is 0.300. The van der Waals surface area contributed by atoms with Crippen molar-refractivity contribution in [2.45, 2.75) is 32.4 Å². The minimum absolute atomic E-state index is 0.0708. The largest absolute Gasteiger partial charge is 0.435 e. The van der Waals surface area contributed by atoms with Crippen LogP contribution in [-0.4, -0.2) is 25.0 Å². The molecular formula is C20H22F2N2O3. The minimum Gasteiger partial charge on any atom is -0.435 e. The Bertz CT molecular complexity index is 737. The molecule has 0 fully saturated rings. The summed E-state index contributed by atoms with van der Waals surface area (Å²) >= 11 is 0. The molecule has 0 aromatic heterocycles. The lowest BCUT2D eigenvalue weighted by atomic mass is 10.1. The number of carbonyl (C=O) groups excluding carboxylic acids is 2. The molecule has 2 amide bonds. The first-order chi connectivity index (χ1) is 13.0. The van der Waals surface area contributed by atoms with Gasteiger partial charge in [0, 0.05) is 18.5 Å². The van der Waals surface area contributed by atoms with Crippen molar-refractivity contribution in [2.75, 3.05) is 6.54 Å². The van der Waals surface area contributed by atoms with E-state index in [1.54, 1.807) is 43.3 Å². The summed E-state index contributed by atoms with van der Waals surface area (Å²) in [5, 5.41) is 5.60. The maximum Gasteiger partial charge on any atom is 0.387 e. The summed E-state index contributed by atoms with van der Waals surface area (Å²) in [7, 11) is 0. The Balaban J connectivity index is 1.69. The van der Waals surface area contributed by atoms with Crippen molar-refractivity contribution in [3.05, 3.63) is 65.7 Å². The van der Waals surface area contributed by atoms with Crippen molar-refractivity contribution in [3.8, 4) is 5.75 Å². The highest BCUT2D eigenvalue weighted by Gasteiger charge is 2.11. The van der Waals surface area contributed by atoms with Gasteiger partial charge in [0.25, 0.3) is 5.91 Å². The molecule has 0 aliphatic rings. The van der Waals surface area contributed by atoms with Crippen molar-refractivity contribution in [1.82, 2.24) is 10.6 Å². The average Bonchev–Trinajstić information content (AvgIpc) is 2.65. The van der Waals surface area contributed by atoms with Gasteiger partial charge in [0.15, 0.2) is 0 Å². The molecule has 2 aromatic rings. The van der Waals surface area contributed by atoms with E-state index in [0.717, 1.165) is 5.56 Å². The maximum absolute atomic E-state index is 12.1. The molecule has 5 nitrogen and oxygen atoms in total. The van der Waals surface area contributed by atoms with Crippen molar-refractivity contribution >= 4 is 11.8 Å². The van der Waals surface area contributed by atoms with E-state index in [9.17, 15) is 18.4 Å². The maximum atomic E-state index is 12.1. The molecule has 1 unspecified atom stereocenters. The third kappa shape index (κ3) is 7.05.